The van der Waals surface area contributed by atoms with E-state index in [0.29, 0.717) is 0 Å². The maximum Gasteiger partial charge on any atom is 0.311 e. The summed E-state index contributed by atoms with van der Waals surface area (Å²) in [6.07, 6.45) is 3.75. The normalized spacial score (nSPS) is 12.1. The van der Waals surface area contributed by atoms with Gasteiger partial charge in [-0.05, 0) is 25.5 Å². The Kier molecular flexibility index (Phi) is 5.17. The van der Waals surface area contributed by atoms with Crippen LogP contribution >= 0.6 is 11.3 Å². The van der Waals surface area contributed by atoms with Gasteiger partial charge in [-0.1, -0.05) is 0 Å². The number of ether oxygens (including phenoxy) is 1. The molecule has 1 N–H and O–H groups in total. The van der Waals surface area contributed by atoms with Gasteiger partial charge >= 0.3 is 5.97 Å². The summed E-state index contributed by atoms with van der Waals surface area (Å²) in [6.45, 7) is 2.10. The van der Waals surface area contributed by atoms with Gasteiger partial charge in [-0.25, -0.2) is 4.98 Å². The minimum absolute atomic E-state index is 0.218. The van der Waals surface area contributed by atoms with Crippen LogP contribution in [0.15, 0.2) is 28.2 Å². The highest BCUT2D eigenvalue weighted by Gasteiger charge is 2.10. The predicted octanol–water partition coefficient (Wildman–Crippen LogP) is 2.88. The maximum absolute atomic E-state index is 11.2. The zero-order valence-corrected chi connectivity index (χ0v) is 12.4. The van der Waals surface area contributed by atoms with Gasteiger partial charge < -0.3 is 14.5 Å². The van der Waals surface area contributed by atoms with Crippen LogP contribution in [-0.4, -0.2) is 24.1 Å². The smallest absolute Gasteiger partial charge is 0.311 e. The van der Waals surface area contributed by atoms with Crippen molar-refractivity contribution in [3.8, 4) is 0 Å². The van der Waals surface area contributed by atoms with Crippen LogP contribution in [0.2, 0.25) is 0 Å². The van der Waals surface area contributed by atoms with E-state index in [1.54, 1.807) is 6.26 Å². The highest BCUT2D eigenvalue weighted by molar-refractivity contribution is 7.13. The van der Waals surface area contributed by atoms with Crippen LogP contribution in [-0.2, 0) is 22.4 Å². The first-order chi connectivity index (χ1) is 9.67. The monoisotopic (exact) mass is 294 g/mol. The molecule has 0 saturated heterocycles. The molecule has 0 aliphatic carbocycles. The van der Waals surface area contributed by atoms with Crippen molar-refractivity contribution in [2.75, 3.05) is 12.4 Å². The molecule has 0 saturated carbocycles. The Balaban J connectivity index is 1.79. The van der Waals surface area contributed by atoms with E-state index in [0.717, 1.165) is 29.4 Å². The number of thiazole rings is 1. The van der Waals surface area contributed by atoms with Gasteiger partial charge in [-0.3, -0.25) is 4.79 Å². The van der Waals surface area contributed by atoms with Crippen molar-refractivity contribution >= 4 is 22.4 Å². The van der Waals surface area contributed by atoms with E-state index in [-0.39, 0.29) is 18.4 Å². The largest absolute Gasteiger partial charge is 0.469 e. The summed E-state index contributed by atoms with van der Waals surface area (Å²) in [5, 5.41) is 6.03. The summed E-state index contributed by atoms with van der Waals surface area (Å²) in [5.74, 6) is 0.719. The molecule has 1 unspecified atom stereocenters. The summed E-state index contributed by atoms with van der Waals surface area (Å²) >= 11 is 1.50. The van der Waals surface area contributed by atoms with Crippen LogP contribution in [0.1, 0.15) is 24.8 Å². The minimum atomic E-state index is -0.271. The molecule has 0 radical (unpaired) electrons. The lowest BCUT2D eigenvalue weighted by molar-refractivity contribution is -0.139. The SMILES string of the molecule is COC(=O)Cc1csc(NC(C)CCc2ccco2)n1. The molecule has 6 heteroatoms. The fourth-order valence-electron chi connectivity index (χ4n) is 1.77. The number of esters is 1. The lowest BCUT2D eigenvalue weighted by Crippen LogP contribution is -2.15. The first-order valence-corrected chi connectivity index (χ1v) is 7.35. The summed E-state index contributed by atoms with van der Waals surface area (Å²) in [7, 11) is 1.38. The van der Waals surface area contributed by atoms with Gasteiger partial charge in [0.05, 0.1) is 25.5 Å². The Morgan fingerprint density at radius 3 is 3.15 bits per heavy atom. The first-order valence-electron chi connectivity index (χ1n) is 6.47. The number of carbonyl (C=O) groups is 1. The molecule has 1 atom stereocenters. The number of nitrogens with one attached hydrogen (secondary N) is 1. The fraction of sp³-hybridized carbons (Fsp3) is 0.429. The number of hydrogen-bond donors (Lipinski definition) is 1. The zero-order chi connectivity index (χ0) is 14.4. The Morgan fingerprint density at radius 2 is 2.45 bits per heavy atom. The summed E-state index contributed by atoms with van der Waals surface area (Å²) in [4.78, 5) is 15.5. The molecular formula is C14H18N2O3S. The number of nitrogens with zero attached hydrogens (tertiary/aromatic N) is 1. The number of carbonyl (C=O) groups excluding carboxylic acids is 1. The first kappa shape index (κ1) is 14.6. The Morgan fingerprint density at radius 1 is 1.60 bits per heavy atom. The van der Waals surface area contributed by atoms with Crippen LogP contribution in [0, 0.1) is 0 Å². The third-order valence-electron chi connectivity index (χ3n) is 2.88. The van der Waals surface area contributed by atoms with E-state index in [4.69, 9.17) is 4.42 Å². The highest BCUT2D eigenvalue weighted by Crippen LogP contribution is 2.18. The average molecular weight is 294 g/mol. The Labute approximate surface area is 122 Å². The second-order valence-corrected chi connectivity index (χ2v) is 5.42. The molecule has 0 fully saturated rings. The van der Waals surface area contributed by atoms with Crippen LogP contribution in [0.25, 0.3) is 0 Å². The Hall–Kier alpha value is -1.82. The molecule has 0 aliphatic rings. The molecule has 2 aromatic rings. The predicted molar refractivity (Wildman–Crippen MR) is 77.9 cm³/mol. The standard InChI is InChI=1S/C14H18N2O3S/c1-10(5-6-12-4-3-7-19-12)15-14-16-11(9-20-14)8-13(17)18-2/h3-4,7,9-10H,5-6,8H2,1-2H3,(H,15,16). The van der Waals surface area contributed by atoms with E-state index in [1.807, 2.05) is 17.5 Å². The molecule has 108 valence electrons. The number of aryl methyl sites for hydroxylation is 1. The molecule has 2 aromatic heterocycles. The van der Waals surface area contributed by atoms with E-state index < -0.39 is 0 Å². The number of hydrogen-bond acceptors (Lipinski definition) is 6. The highest BCUT2D eigenvalue weighted by atomic mass is 32.1. The van der Waals surface area contributed by atoms with Gasteiger partial charge in [0.25, 0.3) is 0 Å². The van der Waals surface area contributed by atoms with E-state index in [9.17, 15) is 4.79 Å². The van der Waals surface area contributed by atoms with E-state index >= 15 is 0 Å². The molecular weight excluding hydrogens is 276 g/mol. The van der Waals surface area contributed by atoms with Crippen LogP contribution in [0.5, 0.6) is 0 Å². The molecule has 0 bridgehead atoms. The van der Waals surface area contributed by atoms with Crippen LogP contribution in [0.3, 0.4) is 0 Å². The van der Waals surface area contributed by atoms with Gasteiger partial charge in [0, 0.05) is 17.8 Å². The molecule has 0 spiro atoms. The zero-order valence-electron chi connectivity index (χ0n) is 11.6. The maximum atomic E-state index is 11.2. The van der Waals surface area contributed by atoms with Crippen molar-refractivity contribution in [3.05, 3.63) is 35.2 Å². The molecule has 5 nitrogen and oxygen atoms in total. The molecule has 0 amide bonds. The summed E-state index contributed by atoms with van der Waals surface area (Å²) < 4.78 is 9.92. The van der Waals surface area contributed by atoms with Crippen LogP contribution in [0.4, 0.5) is 5.13 Å². The topological polar surface area (TPSA) is 64.4 Å². The van der Waals surface area contributed by atoms with Gasteiger partial charge in [0.2, 0.25) is 0 Å². The van der Waals surface area contributed by atoms with Crippen molar-refractivity contribution in [1.29, 1.82) is 0 Å². The third kappa shape index (κ3) is 4.38. The molecule has 2 heterocycles. The molecule has 0 aromatic carbocycles. The molecule has 2 rings (SSSR count). The second-order valence-electron chi connectivity index (χ2n) is 4.56. The van der Waals surface area contributed by atoms with Gasteiger partial charge in [-0.2, -0.15) is 0 Å². The third-order valence-corrected chi connectivity index (χ3v) is 3.70. The summed E-state index contributed by atoms with van der Waals surface area (Å²) in [5.41, 5.74) is 0.739. The van der Waals surface area contributed by atoms with Crippen molar-refractivity contribution in [1.82, 2.24) is 4.98 Å². The lowest BCUT2D eigenvalue weighted by Gasteiger charge is -2.11. The van der Waals surface area contributed by atoms with E-state index in [1.165, 1.54) is 18.4 Å². The number of aromatic nitrogens is 1. The van der Waals surface area contributed by atoms with Crippen molar-refractivity contribution in [2.45, 2.75) is 32.2 Å². The molecule has 20 heavy (non-hydrogen) atoms. The number of rotatable bonds is 7. The quantitative estimate of drug-likeness (QED) is 0.795. The second kappa shape index (κ2) is 7.09. The number of methoxy groups -OCH3 is 1. The Bertz CT molecular complexity index is 536. The fourth-order valence-corrected chi connectivity index (χ4v) is 2.59. The summed E-state index contributed by atoms with van der Waals surface area (Å²) in [6, 6.07) is 4.16. The lowest BCUT2D eigenvalue weighted by atomic mass is 10.1. The van der Waals surface area contributed by atoms with Crippen molar-refractivity contribution in [3.63, 3.8) is 0 Å². The number of anilines is 1. The van der Waals surface area contributed by atoms with Crippen molar-refractivity contribution < 1.29 is 13.9 Å². The minimum Gasteiger partial charge on any atom is -0.469 e. The number of furan rings is 1. The van der Waals surface area contributed by atoms with Gasteiger partial charge in [-0.15, -0.1) is 11.3 Å². The van der Waals surface area contributed by atoms with Gasteiger partial charge in [0.15, 0.2) is 5.13 Å². The van der Waals surface area contributed by atoms with E-state index in [2.05, 4.69) is 22.0 Å². The van der Waals surface area contributed by atoms with Crippen molar-refractivity contribution in [2.24, 2.45) is 0 Å². The molecule has 0 aliphatic heterocycles. The van der Waals surface area contributed by atoms with Gasteiger partial charge in [0.1, 0.15) is 5.76 Å². The average Bonchev–Trinajstić information content (AvgIpc) is 3.08. The van der Waals surface area contributed by atoms with Crippen LogP contribution < -0.4 is 5.32 Å².